The number of hydrogen-bond acceptors (Lipinski definition) is 6. The third-order valence-electron chi connectivity index (χ3n) is 1.77. The summed E-state index contributed by atoms with van der Waals surface area (Å²) < 4.78 is 4.91. The molecule has 0 saturated heterocycles. The van der Waals surface area contributed by atoms with Gasteiger partial charge in [-0.05, 0) is 36.5 Å². The molecule has 1 aromatic rings. The van der Waals surface area contributed by atoms with Gasteiger partial charge in [-0.3, -0.25) is 0 Å². The summed E-state index contributed by atoms with van der Waals surface area (Å²) in [6.45, 7) is 5.86. The first-order valence-corrected chi connectivity index (χ1v) is 5.88. The highest BCUT2D eigenvalue weighted by molar-refractivity contribution is 6.31. The van der Waals surface area contributed by atoms with Gasteiger partial charge in [0.1, 0.15) is 0 Å². The Kier molecular flexibility index (Phi) is 5.80. The summed E-state index contributed by atoms with van der Waals surface area (Å²) in [5.74, 6) is -0.118. The van der Waals surface area contributed by atoms with Crippen LogP contribution < -0.4 is 5.32 Å². The van der Waals surface area contributed by atoms with Gasteiger partial charge in [0, 0.05) is 12.1 Å². The molecule has 1 rings (SSSR count). The molecule has 6 nitrogen and oxygen atoms in total. The first kappa shape index (κ1) is 14.7. The Bertz CT molecular complexity index is 433. The molecule has 0 amide bonds. The van der Waals surface area contributed by atoms with Crippen molar-refractivity contribution >= 4 is 35.1 Å². The number of rotatable bonds is 6. The molecule has 0 spiro atoms. The number of ether oxygens (including phenoxy) is 1. The van der Waals surface area contributed by atoms with E-state index in [2.05, 4.69) is 26.8 Å². The average molecular weight is 291 g/mol. The molecule has 8 heteroatoms. The van der Waals surface area contributed by atoms with Gasteiger partial charge in [-0.15, -0.1) is 0 Å². The monoisotopic (exact) mass is 290 g/mol. The molecule has 0 aromatic carbocycles. The Morgan fingerprint density at radius 3 is 2.50 bits per heavy atom. The van der Waals surface area contributed by atoms with Crippen LogP contribution in [-0.2, 0) is 9.53 Å². The fourth-order valence-electron chi connectivity index (χ4n) is 0.965. The van der Waals surface area contributed by atoms with Crippen molar-refractivity contribution in [1.82, 2.24) is 15.0 Å². The second-order valence-corrected chi connectivity index (χ2v) is 4.07. The van der Waals surface area contributed by atoms with Crippen LogP contribution in [-0.4, -0.2) is 34.1 Å². The quantitative estimate of drug-likeness (QED) is 0.491. The van der Waals surface area contributed by atoms with Crippen LogP contribution >= 0.6 is 23.2 Å². The van der Waals surface area contributed by atoms with Gasteiger partial charge in [0.2, 0.25) is 16.5 Å². The van der Waals surface area contributed by atoms with Gasteiger partial charge in [-0.1, -0.05) is 6.58 Å². The van der Waals surface area contributed by atoms with Crippen LogP contribution in [0.5, 0.6) is 0 Å². The SMILES string of the molecule is C=C(C)C(=O)OCCCNc1nc(Cl)nc(Cl)n1. The molecular formula is C10H12Cl2N4O2. The van der Waals surface area contributed by atoms with Crippen molar-refractivity contribution in [1.29, 1.82) is 0 Å². The minimum absolute atomic E-state index is 0.0196. The summed E-state index contributed by atoms with van der Waals surface area (Å²) in [6.07, 6.45) is 0.597. The maximum Gasteiger partial charge on any atom is 0.333 e. The van der Waals surface area contributed by atoms with Crippen LogP contribution in [0.2, 0.25) is 10.6 Å². The molecule has 0 saturated carbocycles. The molecule has 0 atom stereocenters. The van der Waals surface area contributed by atoms with E-state index in [-0.39, 0.29) is 23.1 Å². The minimum atomic E-state index is -0.402. The predicted octanol–water partition coefficient (Wildman–Crippen LogP) is 2.10. The largest absolute Gasteiger partial charge is 0.462 e. The van der Waals surface area contributed by atoms with Crippen molar-refractivity contribution in [2.75, 3.05) is 18.5 Å². The number of carbonyl (C=O) groups is 1. The highest BCUT2D eigenvalue weighted by Crippen LogP contribution is 2.09. The van der Waals surface area contributed by atoms with E-state index < -0.39 is 5.97 Å². The van der Waals surface area contributed by atoms with Crippen LogP contribution in [0.25, 0.3) is 0 Å². The molecule has 1 aromatic heterocycles. The number of nitrogens with one attached hydrogen (secondary N) is 1. The van der Waals surface area contributed by atoms with Crippen LogP contribution in [0.4, 0.5) is 5.95 Å². The molecule has 98 valence electrons. The number of hydrogen-bond donors (Lipinski definition) is 1. The molecule has 0 radical (unpaired) electrons. The smallest absolute Gasteiger partial charge is 0.333 e. The molecule has 1 heterocycles. The van der Waals surface area contributed by atoms with Gasteiger partial charge in [0.15, 0.2) is 0 Å². The lowest BCUT2D eigenvalue weighted by Gasteiger charge is -2.06. The van der Waals surface area contributed by atoms with Crippen molar-refractivity contribution in [3.63, 3.8) is 0 Å². The predicted molar refractivity (Wildman–Crippen MR) is 68.7 cm³/mol. The number of nitrogens with zero attached hydrogens (tertiary/aromatic N) is 3. The van der Waals surface area contributed by atoms with Crippen LogP contribution in [0.15, 0.2) is 12.2 Å². The lowest BCUT2D eigenvalue weighted by Crippen LogP contribution is -2.12. The third-order valence-corrected chi connectivity index (χ3v) is 2.10. The van der Waals surface area contributed by atoms with E-state index in [0.29, 0.717) is 18.5 Å². The van der Waals surface area contributed by atoms with E-state index in [1.54, 1.807) is 6.92 Å². The minimum Gasteiger partial charge on any atom is -0.462 e. The normalized spacial score (nSPS) is 9.94. The zero-order valence-electron chi connectivity index (χ0n) is 9.74. The molecule has 1 N–H and O–H groups in total. The van der Waals surface area contributed by atoms with Gasteiger partial charge >= 0.3 is 5.97 Å². The maximum atomic E-state index is 11.1. The highest BCUT2D eigenvalue weighted by atomic mass is 35.5. The average Bonchev–Trinajstić information content (AvgIpc) is 2.26. The van der Waals surface area contributed by atoms with Crippen molar-refractivity contribution in [3.05, 3.63) is 22.7 Å². The van der Waals surface area contributed by atoms with E-state index in [4.69, 9.17) is 27.9 Å². The van der Waals surface area contributed by atoms with E-state index >= 15 is 0 Å². The lowest BCUT2D eigenvalue weighted by molar-refractivity contribution is -0.138. The molecule has 0 unspecified atom stereocenters. The lowest BCUT2D eigenvalue weighted by atomic mass is 10.3. The summed E-state index contributed by atoms with van der Waals surface area (Å²) in [5.41, 5.74) is 0.374. The summed E-state index contributed by atoms with van der Waals surface area (Å²) in [5, 5.41) is 2.92. The standard InChI is InChI=1S/C10H12Cl2N4O2/c1-6(2)7(17)18-5-3-4-13-10-15-8(11)14-9(12)16-10/h1,3-5H2,2H3,(H,13,14,15,16). The Hall–Kier alpha value is -1.40. The van der Waals surface area contributed by atoms with E-state index in [0.717, 1.165) is 0 Å². The fourth-order valence-corrected chi connectivity index (χ4v) is 1.33. The molecule has 0 aliphatic heterocycles. The molecule has 0 aliphatic carbocycles. The van der Waals surface area contributed by atoms with Crippen LogP contribution in [0.3, 0.4) is 0 Å². The van der Waals surface area contributed by atoms with Crippen molar-refractivity contribution in [3.8, 4) is 0 Å². The van der Waals surface area contributed by atoms with Crippen molar-refractivity contribution in [2.24, 2.45) is 0 Å². The third kappa shape index (κ3) is 5.29. The van der Waals surface area contributed by atoms with E-state index in [1.807, 2.05) is 0 Å². The molecule has 18 heavy (non-hydrogen) atoms. The van der Waals surface area contributed by atoms with Crippen molar-refractivity contribution in [2.45, 2.75) is 13.3 Å². The maximum absolute atomic E-state index is 11.1. The summed E-state index contributed by atoms with van der Waals surface area (Å²) in [7, 11) is 0. The highest BCUT2D eigenvalue weighted by Gasteiger charge is 2.04. The second kappa shape index (κ2) is 7.13. The van der Waals surface area contributed by atoms with Crippen LogP contribution in [0, 0.1) is 0 Å². The van der Waals surface area contributed by atoms with E-state index in [9.17, 15) is 4.79 Å². The topological polar surface area (TPSA) is 77.0 Å². The zero-order chi connectivity index (χ0) is 13.5. The molecular weight excluding hydrogens is 279 g/mol. The number of anilines is 1. The van der Waals surface area contributed by atoms with Gasteiger partial charge < -0.3 is 10.1 Å². The Balaban J connectivity index is 2.26. The molecule has 0 aliphatic rings. The number of esters is 1. The number of aromatic nitrogens is 3. The summed E-state index contributed by atoms with van der Waals surface area (Å²) >= 11 is 11.2. The number of carbonyl (C=O) groups excluding carboxylic acids is 1. The van der Waals surface area contributed by atoms with Crippen LogP contribution in [0.1, 0.15) is 13.3 Å². The number of halogens is 2. The Morgan fingerprint density at radius 1 is 1.33 bits per heavy atom. The molecule has 0 fully saturated rings. The zero-order valence-corrected chi connectivity index (χ0v) is 11.3. The Labute approximate surface area is 114 Å². The van der Waals surface area contributed by atoms with Gasteiger partial charge in [-0.2, -0.15) is 15.0 Å². The first-order valence-electron chi connectivity index (χ1n) is 5.12. The van der Waals surface area contributed by atoms with Crippen molar-refractivity contribution < 1.29 is 9.53 Å². The van der Waals surface area contributed by atoms with E-state index in [1.165, 1.54) is 0 Å². The second-order valence-electron chi connectivity index (χ2n) is 3.39. The fraction of sp³-hybridized carbons (Fsp3) is 0.400. The summed E-state index contributed by atoms with van der Waals surface area (Å²) in [4.78, 5) is 22.3. The molecule has 0 bridgehead atoms. The van der Waals surface area contributed by atoms with Gasteiger partial charge in [0.25, 0.3) is 0 Å². The first-order chi connectivity index (χ1) is 8.49. The summed E-state index contributed by atoms with van der Waals surface area (Å²) in [6, 6.07) is 0. The van der Waals surface area contributed by atoms with Gasteiger partial charge in [0.05, 0.1) is 6.61 Å². The Morgan fingerprint density at radius 2 is 1.94 bits per heavy atom. The van der Waals surface area contributed by atoms with Gasteiger partial charge in [-0.25, -0.2) is 4.79 Å².